The summed E-state index contributed by atoms with van der Waals surface area (Å²) in [6.45, 7) is 0.616. The van der Waals surface area contributed by atoms with Gasteiger partial charge in [0, 0.05) is 17.5 Å². The van der Waals surface area contributed by atoms with Crippen LogP contribution in [-0.4, -0.2) is 25.3 Å². The second-order valence-electron chi connectivity index (χ2n) is 5.67. The lowest BCUT2D eigenvalue weighted by Gasteiger charge is -2.31. The molecule has 0 radical (unpaired) electrons. The first-order valence-electron chi connectivity index (χ1n) is 7.74. The molecule has 1 heterocycles. The van der Waals surface area contributed by atoms with Gasteiger partial charge in [-0.3, -0.25) is 4.79 Å². The van der Waals surface area contributed by atoms with Crippen molar-refractivity contribution in [3.63, 3.8) is 0 Å². The van der Waals surface area contributed by atoms with Gasteiger partial charge in [0.2, 0.25) is 5.91 Å². The van der Waals surface area contributed by atoms with E-state index in [1.54, 1.807) is 16.7 Å². The lowest BCUT2D eigenvalue weighted by Crippen LogP contribution is -2.37. The minimum atomic E-state index is -0.609. The van der Waals surface area contributed by atoms with Crippen molar-refractivity contribution in [3.8, 4) is 0 Å². The number of hydrogen-bond acceptors (Lipinski definition) is 3. The van der Waals surface area contributed by atoms with Gasteiger partial charge in [-0.15, -0.1) is 11.8 Å². The van der Waals surface area contributed by atoms with Crippen molar-refractivity contribution in [2.75, 3.05) is 29.6 Å². The van der Waals surface area contributed by atoms with Crippen LogP contribution in [-0.2, 0) is 11.2 Å². The monoisotopic (exact) mass is 348 g/mol. The van der Waals surface area contributed by atoms with Gasteiger partial charge in [0.25, 0.3) is 0 Å². The number of carbonyl (C=O) groups is 1. The number of nitrogens with zero attached hydrogens (tertiary/aromatic N) is 1. The maximum atomic E-state index is 14.2. The fraction of sp³-hybridized carbons (Fsp3) is 0.278. The Bertz CT molecular complexity index is 767. The Balaban J connectivity index is 1.77. The van der Waals surface area contributed by atoms with E-state index in [0.29, 0.717) is 24.2 Å². The molecule has 0 atom stereocenters. The number of carbonyl (C=O) groups excluding carboxylic acids is 1. The van der Waals surface area contributed by atoms with E-state index in [0.717, 1.165) is 23.1 Å². The molecule has 0 fully saturated rings. The number of benzene rings is 2. The standard InChI is InChI=1S/C18H18F2N2OS/c1-24-16-7-3-2-6-15(16)21-17(23)11-22-8-4-5-12-9-13(19)10-14(20)18(12)22/h2-3,6-7,9-10H,4-5,8,11H2,1H3,(H,21,23). The Morgan fingerprint density at radius 1 is 1.29 bits per heavy atom. The number of para-hydroxylation sites is 1. The number of hydrogen-bond donors (Lipinski definition) is 1. The number of amides is 1. The Morgan fingerprint density at radius 3 is 2.88 bits per heavy atom. The smallest absolute Gasteiger partial charge is 0.243 e. The highest BCUT2D eigenvalue weighted by molar-refractivity contribution is 7.98. The third-order valence-corrected chi connectivity index (χ3v) is 4.81. The van der Waals surface area contributed by atoms with Crippen molar-refractivity contribution < 1.29 is 13.6 Å². The molecule has 2 aromatic rings. The molecule has 0 saturated carbocycles. The summed E-state index contributed by atoms with van der Waals surface area (Å²) in [6, 6.07) is 9.76. The lowest BCUT2D eigenvalue weighted by atomic mass is 10.0. The van der Waals surface area contributed by atoms with Crippen LogP contribution in [0.4, 0.5) is 20.2 Å². The van der Waals surface area contributed by atoms with Crippen molar-refractivity contribution in [2.24, 2.45) is 0 Å². The lowest BCUT2D eigenvalue weighted by molar-refractivity contribution is -0.115. The molecule has 1 aliphatic heterocycles. The molecule has 2 aromatic carbocycles. The van der Waals surface area contributed by atoms with Crippen LogP contribution in [0, 0.1) is 11.6 Å². The number of rotatable bonds is 4. The number of nitrogens with one attached hydrogen (secondary N) is 1. The number of halogens is 2. The van der Waals surface area contributed by atoms with E-state index in [1.165, 1.54) is 6.07 Å². The first-order valence-corrected chi connectivity index (χ1v) is 8.96. The molecule has 0 unspecified atom stereocenters. The molecule has 1 amide bonds. The Hall–Kier alpha value is -2.08. The van der Waals surface area contributed by atoms with Crippen LogP contribution < -0.4 is 10.2 Å². The number of anilines is 2. The van der Waals surface area contributed by atoms with E-state index in [4.69, 9.17) is 0 Å². The van der Waals surface area contributed by atoms with Crippen molar-refractivity contribution in [1.82, 2.24) is 0 Å². The van der Waals surface area contributed by atoms with Crippen molar-refractivity contribution in [3.05, 3.63) is 53.6 Å². The summed E-state index contributed by atoms with van der Waals surface area (Å²) >= 11 is 1.55. The average Bonchev–Trinajstić information content (AvgIpc) is 2.54. The van der Waals surface area contributed by atoms with E-state index >= 15 is 0 Å². The third kappa shape index (κ3) is 3.53. The van der Waals surface area contributed by atoms with Gasteiger partial charge < -0.3 is 10.2 Å². The Labute approximate surface area is 144 Å². The maximum absolute atomic E-state index is 14.2. The van der Waals surface area contributed by atoms with Gasteiger partial charge in [0.1, 0.15) is 11.6 Å². The molecule has 0 aliphatic carbocycles. The number of thioether (sulfide) groups is 1. The van der Waals surface area contributed by atoms with Crippen LogP contribution >= 0.6 is 11.8 Å². The summed E-state index contributed by atoms with van der Waals surface area (Å²) in [6.07, 6.45) is 3.33. The largest absolute Gasteiger partial charge is 0.360 e. The summed E-state index contributed by atoms with van der Waals surface area (Å²) in [5, 5.41) is 2.87. The predicted octanol–water partition coefficient (Wildman–Crippen LogP) is 4.08. The zero-order valence-corrected chi connectivity index (χ0v) is 14.1. The van der Waals surface area contributed by atoms with Gasteiger partial charge in [-0.2, -0.15) is 0 Å². The van der Waals surface area contributed by atoms with Gasteiger partial charge in [0.15, 0.2) is 0 Å². The van der Waals surface area contributed by atoms with Crippen LogP contribution in [0.5, 0.6) is 0 Å². The van der Waals surface area contributed by atoms with Gasteiger partial charge in [-0.25, -0.2) is 8.78 Å². The molecular weight excluding hydrogens is 330 g/mol. The normalized spacial score (nSPS) is 13.5. The van der Waals surface area contributed by atoms with E-state index in [-0.39, 0.29) is 12.5 Å². The molecule has 1 aliphatic rings. The minimum Gasteiger partial charge on any atom is -0.360 e. The first-order chi connectivity index (χ1) is 11.6. The van der Waals surface area contributed by atoms with E-state index in [1.807, 2.05) is 30.5 Å². The van der Waals surface area contributed by atoms with E-state index in [2.05, 4.69) is 5.32 Å². The maximum Gasteiger partial charge on any atom is 0.243 e. The van der Waals surface area contributed by atoms with Crippen molar-refractivity contribution in [1.29, 1.82) is 0 Å². The molecule has 0 saturated heterocycles. The highest BCUT2D eigenvalue weighted by Gasteiger charge is 2.23. The zero-order chi connectivity index (χ0) is 17.1. The Kier molecular flexibility index (Phi) is 5.04. The molecule has 24 heavy (non-hydrogen) atoms. The molecular formula is C18H18F2N2OS. The van der Waals surface area contributed by atoms with E-state index in [9.17, 15) is 13.6 Å². The second-order valence-corrected chi connectivity index (χ2v) is 6.52. The summed E-state index contributed by atoms with van der Waals surface area (Å²) < 4.78 is 27.5. The first kappa shape index (κ1) is 16.8. The van der Waals surface area contributed by atoms with Gasteiger partial charge in [-0.05, 0) is 42.9 Å². The number of fused-ring (bicyclic) bond motifs is 1. The summed E-state index contributed by atoms with van der Waals surface area (Å²) in [7, 11) is 0. The SMILES string of the molecule is CSc1ccccc1NC(=O)CN1CCCc2cc(F)cc(F)c21. The van der Waals surface area contributed by atoms with Crippen LogP contribution in [0.3, 0.4) is 0 Å². The molecule has 0 spiro atoms. The highest BCUT2D eigenvalue weighted by atomic mass is 32.2. The quantitative estimate of drug-likeness (QED) is 0.845. The second kappa shape index (κ2) is 7.21. The fourth-order valence-electron chi connectivity index (χ4n) is 3.01. The summed E-state index contributed by atoms with van der Waals surface area (Å²) in [5.74, 6) is -1.40. The topological polar surface area (TPSA) is 32.3 Å². The van der Waals surface area contributed by atoms with Crippen LogP contribution in [0.1, 0.15) is 12.0 Å². The van der Waals surface area contributed by atoms with Gasteiger partial charge in [-0.1, -0.05) is 12.1 Å². The number of aryl methyl sites for hydroxylation is 1. The summed E-state index contributed by atoms with van der Waals surface area (Å²) in [4.78, 5) is 15.0. The van der Waals surface area contributed by atoms with E-state index < -0.39 is 11.6 Å². The third-order valence-electron chi connectivity index (χ3n) is 4.01. The van der Waals surface area contributed by atoms with Crippen molar-refractivity contribution >= 4 is 29.0 Å². The summed E-state index contributed by atoms with van der Waals surface area (Å²) in [5.41, 5.74) is 1.71. The highest BCUT2D eigenvalue weighted by Crippen LogP contribution is 2.31. The molecule has 0 bridgehead atoms. The molecule has 6 heteroatoms. The molecule has 3 rings (SSSR count). The van der Waals surface area contributed by atoms with Crippen LogP contribution in [0.25, 0.3) is 0 Å². The molecule has 126 valence electrons. The zero-order valence-electron chi connectivity index (χ0n) is 13.3. The average molecular weight is 348 g/mol. The van der Waals surface area contributed by atoms with Gasteiger partial charge in [0.05, 0.1) is 17.9 Å². The fourth-order valence-corrected chi connectivity index (χ4v) is 3.56. The molecule has 3 nitrogen and oxygen atoms in total. The van der Waals surface area contributed by atoms with Crippen LogP contribution in [0.2, 0.25) is 0 Å². The minimum absolute atomic E-state index is 0.0399. The van der Waals surface area contributed by atoms with Crippen LogP contribution in [0.15, 0.2) is 41.3 Å². The van der Waals surface area contributed by atoms with Gasteiger partial charge >= 0.3 is 0 Å². The predicted molar refractivity (Wildman–Crippen MR) is 93.7 cm³/mol. The molecule has 1 N–H and O–H groups in total. The molecule has 0 aromatic heterocycles. The Morgan fingerprint density at radius 2 is 2.08 bits per heavy atom. The van der Waals surface area contributed by atoms with Crippen molar-refractivity contribution in [2.45, 2.75) is 17.7 Å².